The first-order valence-corrected chi connectivity index (χ1v) is 5.00. The second kappa shape index (κ2) is 5.15. The van der Waals surface area contributed by atoms with E-state index in [1.165, 1.54) is 6.92 Å². The fourth-order valence-electron chi connectivity index (χ4n) is 1.56. The Morgan fingerprint density at radius 2 is 2.36 bits per heavy atom. The molecular formula is C10H13ClO3. The van der Waals surface area contributed by atoms with Crippen LogP contribution in [0, 0.1) is 0 Å². The van der Waals surface area contributed by atoms with E-state index in [0.717, 1.165) is 29.9 Å². The van der Waals surface area contributed by atoms with E-state index < -0.39 is 12.1 Å². The number of rotatable bonds is 4. The van der Waals surface area contributed by atoms with Crippen LogP contribution in [0.3, 0.4) is 0 Å². The first kappa shape index (κ1) is 11.2. The minimum absolute atomic E-state index is 0.434. The molecule has 0 amide bonds. The monoisotopic (exact) mass is 216 g/mol. The average Bonchev–Trinajstić information content (AvgIpc) is 2.50. The molecule has 0 spiro atoms. The molecule has 1 aliphatic carbocycles. The van der Waals surface area contributed by atoms with Crippen molar-refractivity contribution in [3.05, 3.63) is 10.6 Å². The molecule has 1 aliphatic rings. The summed E-state index contributed by atoms with van der Waals surface area (Å²) in [6, 6.07) is 0. The summed E-state index contributed by atoms with van der Waals surface area (Å²) in [7, 11) is 0. The lowest BCUT2D eigenvalue weighted by Crippen LogP contribution is -2.18. The number of carbonyl (C=O) groups is 2. The summed E-state index contributed by atoms with van der Waals surface area (Å²) in [6.07, 6.45) is 3.24. The summed E-state index contributed by atoms with van der Waals surface area (Å²) >= 11 is 5.94. The Morgan fingerprint density at radius 1 is 1.64 bits per heavy atom. The lowest BCUT2D eigenvalue weighted by molar-refractivity contribution is -0.149. The molecule has 14 heavy (non-hydrogen) atoms. The molecule has 0 aromatic rings. The molecule has 0 aromatic heterocycles. The second-order valence-corrected chi connectivity index (χ2v) is 3.81. The van der Waals surface area contributed by atoms with E-state index in [4.69, 9.17) is 16.3 Å². The summed E-state index contributed by atoms with van der Waals surface area (Å²) in [6.45, 7) is 1.29. The summed E-state index contributed by atoms with van der Waals surface area (Å²) < 4.78 is 4.81. The van der Waals surface area contributed by atoms with Crippen LogP contribution in [0.25, 0.3) is 0 Å². The van der Waals surface area contributed by atoms with Gasteiger partial charge in [0, 0.05) is 18.4 Å². The van der Waals surface area contributed by atoms with Crippen LogP contribution < -0.4 is 0 Å². The van der Waals surface area contributed by atoms with Gasteiger partial charge in [-0.2, -0.15) is 0 Å². The second-order valence-electron chi connectivity index (χ2n) is 3.35. The van der Waals surface area contributed by atoms with Crippen molar-refractivity contribution >= 4 is 23.9 Å². The highest BCUT2D eigenvalue weighted by atomic mass is 35.5. The molecule has 0 fully saturated rings. The predicted molar refractivity (Wildman–Crippen MR) is 53.0 cm³/mol. The Hall–Kier alpha value is -0.830. The van der Waals surface area contributed by atoms with E-state index in [1.807, 2.05) is 0 Å². The van der Waals surface area contributed by atoms with E-state index in [9.17, 15) is 9.59 Å². The zero-order chi connectivity index (χ0) is 10.6. The molecule has 1 rings (SSSR count). The molecule has 0 radical (unpaired) electrons. The van der Waals surface area contributed by atoms with Gasteiger partial charge in [0.15, 0.2) is 12.4 Å². The van der Waals surface area contributed by atoms with Gasteiger partial charge in [0.05, 0.1) is 0 Å². The van der Waals surface area contributed by atoms with Gasteiger partial charge in [-0.3, -0.25) is 9.59 Å². The summed E-state index contributed by atoms with van der Waals surface area (Å²) in [5, 5.41) is 0.823. The van der Waals surface area contributed by atoms with Crippen LogP contribution in [-0.2, 0) is 14.3 Å². The first-order valence-electron chi connectivity index (χ1n) is 4.62. The summed E-state index contributed by atoms with van der Waals surface area (Å²) in [5.41, 5.74) is 1.05. The van der Waals surface area contributed by atoms with Crippen molar-refractivity contribution in [1.82, 2.24) is 0 Å². The van der Waals surface area contributed by atoms with Gasteiger partial charge >= 0.3 is 5.97 Å². The first-order chi connectivity index (χ1) is 6.63. The third-order valence-electron chi connectivity index (χ3n) is 2.18. The van der Waals surface area contributed by atoms with Gasteiger partial charge < -0.3 is 4.74 Å². The molecule has 3 nitrogen and oxygen atoms in total. The molecule has 0 bridgehead atoms. The van der Waals surface area contributed by atoms with E-state index >= 15 is 0 Å². The van der Waals surface area contributed by atoms with Crippen LogP contribution in [0.4, 0.5) is 0 Å². The standard InChI is InChI=1S/C10H13ClO3/c1-7(13)14-9(6-12)5-8-3-2-4-10(8)11/h6,9H,2-5H2,1H3. The molecule has 78 valence electrons. The van der Waals surface area contributed by atoms with Crippen molar-refractivity contribution in [2.45, 2.75) is 38.7 Å². The van der Waals surface area contributed by atoms with Crippen molar-refractivity contribution in [1.29, 1.82) is 0 Å². The molecule has 0 aliphatic heterocycles. The normalized spacial score (nSPS) is 18.1. The maximum atomic E-state index is 10.6. The van der Waals surface area contributed by atoms with Crippen LogP contribution in [0.5, 0.6) is 0 Å². The molecule has 1 unspecified atom stereocenters. The summed E-state index contributed by atoms with van der Waals surface area (Å²) in [5.74, 6) is -0.434. The molecule has 0 heterocycles. The highest BCUT2D eigenvalue weighted by Gasteiger charge is 2.18. The van der Waals surface area contributed by atoms with Gasteiger partial charge in [-0.1, -0.05) is 17.2 Å². The number of ether oxygens (including phenoxy) is 1. The Bertz CT molecular complexity index is 271. The van der Waals surface area contributed by atoms with Crippen LogP contribution in [-0.4, -0.2) is 18.4 Å². The predicted octanol–water partition coefficient (Wildman–Crippen LogP) is 2.18. The van der Waals surface area contributed by atoms with Gasteiger partial charge in [0.2, 0.25) is 0 Å². The Kier molecular flexibility index (Phi) is 4.14. The number of carbonyl (C=O) groups excluding carboxylic acids is 2. The minimum Gasteiger partial charge on any atom is -0.455 e. The van der Waals surface area contributed by atoms with Crippen molar-refractivity contribution in [3.63, 3.8) is 0 Å². The molecule has 0 saturated carbocycles. The third kappa shape index (κ3) is 3.14. The third-order valence-corrected chi connectivity index (χ3v) is 2.63. The number of halogens is 1. The van der Waals surface area contributed by atoms with Crippen molar-refractivity contribution in [2.24, 2.45) is 0 Å². The maximum Gasteiger partial charge on any atom is 0.303 e. The molecular weight excluding hydrogens is 204 g/mol. The van der Waals surface area contributed by atoms with Crippen molar-refractivity contribution in [2.75, 3.05) is 0 Å². The Morgan fingerprint density at radius 3 is 2.79 bits per heavy atom. The maximum absolute atomic E-state index is 10.6. The van der Waals surface area contributed by atoms with Gasteiger partial charge in [-0.25, -0.2) is 0 Å². The van der Waals surface area contributed by atoms with Gasteiger partial charge in [-0.05, 0) is 19.3 Å². The Labute approximate surface area is 88.1 Å². The molecule has 0 aromatic carbocycles. The van der Waals surface area contributed by atoms with Crippen LogP contribution in [0.2, 0.25) is 0 Å². The highest BCUT2D eigenvalue weighted by Crippen LogP contribution is 2.31. The topological polar surface area (TPSA) is 43.4 Å². The highest BCUT2D eigenvalue weighted by molar-refractivity contribution is 6.30. The number of aldehydes is 1. The van der Waals surface area contributed by atoms with E-state index in [1.54, 1.807) is 0 Å². The number of allylic oxidation sites excluding steroid dienone is 1. The quantitative estimate of drug-likeness (QED) is 0.535. The lowest BCUT2D eigenvalue weighted by atomic mass is 10.1. The van der Waals surface area contributed by atoms with Gasteiger partial charge in [0.1, 0.15) is 0 Å². The average molecular weight is 217 g/mol. The number of hydrogen-bond acceptors (Lipinski definition) is 3. The zero-order valence-electron chi connectivity index (χ0n) is 8.09. The van der Waals surface area contributed by atoms with Crippen LogP contribution in [0.1, 0.15) is 32.6 Å². The van der Waals surface area contributed by atoms with E-state index in [-0.39, 0.29) is 0 Å². The molecule has 1 atom stereocenters. The van der Waals surface area contributed by atoms with Gasteiger partial charge in [-0.15, -0.1) is 0 Å². The SMILES string of the molecule is CC(=O)OC(C=O)CC1=C(Cl)CCC1. The van der Waals surface area contributed by atoms with Crippen LogP contribution >= 0.6 is 11.6 Å². The van der Waals surface area contributed by atoms with Crippen LogP contribution in [0.15, 0.2) is 10.6 Å². The number of hydrogen-bond donors (Lipinski definition) is 0. The van der Waals surface area contributed by atoms with Crippen molar-refractivity contribution < 1.29 is 14.3 Å². The lowest BCUT2D eigenvalue weighted by Gasteiger charge is -2.11. The molecule has 0 N–H and O–H groups in total. The smallest absolute Gasteiger partial charge is 0.303 e. The minimum atomic E-state index is -0.672. The largest absolute Gasteiger partial charge is 0.455 e. The zero-order valence-corrected chi connectivity index (χ0v) is 8.84. The van der Waals surface area contributed by atoms with Gasteiger partial charge in [0.25, 0.3) is 0 Å². The van der Waals surface area contributed by atoms with E-state index in [0.29, 0.717) is 12.7 Å². The fourth-order valence-corrected chi connectivity index (χ4v) is 1.86. The summed E-state index contributed by atoms with van der Waals surface area (Å²) in [4.78, 5) is 21.2. The van der Waals surface area contributed by atoms with Crippen molar-refractivity contribution in [3.8, 4) is 0 Å². The van der Waals surface area contributed by atoms with E-state index in [2.05, 4.69) is 0 Å². The Balaban J connectivity index is 2.52. The molecule has 0 saturated heterocycles. The molecule has 4 heteroatoms. The number of esters is 1. The fraction of sp³-hybridized carbons (Fsp3) is 0.600.